The first-order valence-electron chi connectivity index (χ1n) is 4.76. The van der Waals surface area contributed by atoms with Gasteiger partial charge in [-0.25, -0.2) is 0 Å². The van der Waals surface area contributed by atoms with Gasteiger partial charge in [0.05, 0.1) is 6.10 Å². The number of hydrogen-bond acceptors (Lipinski definition) is 2. The lowest BCUT2D eigenvalue weighted by Gasteiger charge is -2.28. The van der Waals surface area contributed by atoms with Gasteiger partial charge in [-0.3, -0.25) is 0 Å². The maximum absolute atomic E-state index is 9.53. The van der Waals surface area contributed by atoms with Crippen molar-refractivity contribution in [2.45, 2.75) is 51.2 Å². The van der Waals surface area contributed by atoms with Gasteiger partial charge in [0.1, 0.15) is 0 Å². The molecule has 1 aliphatic rings. The largest absolute Gasteiger partial charge is 0.392 e. The van der Waals surface area contributed by atoms with Gasteiger partial charge in [-0.15, -0.1) is 0 Å². The van der Waals surface area contributed by atoms with Crippen LogP contribution in [0.2, 0.25) is 0 Å². The summed E-state index contributed by atoms with van der Waals surface area (Å²) in [5.41, 5.74) is 0. The molecule has 0 aromatic carbocycles. The highest BCUT2D eigenvalue weighted by atomic mass is 16.3. The molecule has 0 saturated heterocycles. The summed E-state index contributed by atoms with van der Waals surface area (Å²) in [6.45, 7) is 3.20. The lowest BCUT2D eigenvalue weighted by Crippen LogP contribution is -2.42. The van der Waals surface area contributed by atoms with Crippen LogP contribution < -0.4 is 5.32 Å². The molecule has 0 spiro atoms. The second-order valence-corrected chi connectivity index (χ2v) is 3.41. The van der Waals surface area contributed by atoms with E-state index in [9.17, 15) is 5.11 Å². The third-order valence-corrected chi connectivity index (χ3v) is 2.39. The maximum Gasteiger partial charge on any atom is 0.0693 e. The molecule has 1 saturated carbocycles. The van der Waals surface area contributed by atoms with Gasteiger partial charge in [0.25, 0.3) is 0 Å². The highest BCUT2D eigenvalue weighted by Gasteiger charge is 2.21. The van der Waals surface area contributed by atoms with Crippen molar-refractivity contribution >= 4 is 0 Å². The first kappa shape index (κ1) is 9.01. The van der Waals surface area contributed by atoms with Gasteiger partial charge in [-0.05, 0) is 25.8 Å². The molecular formula is C9H19NO. The van der Waals surface area contributed by atoms with Crippen molar-refractivity contribution in [3.63, 3.8) is 0 Å². The standard InChI is InChI=1S/C9H19NO/c1-2-7-10-8-5-3-4-6-9(8)11/h8-11H,2-7H2,1H3/t8-,9-/m1/s1. The van der Waals surface area contributed by atoms with Crippen LogP contribution in [0.25, 0.3) is 0 Å². The molecule has 0 aromatic rings. The lowest BCUT2D eigenvalue weighted by atomic mass is 9.92. The summed E-state index contributed by atoms with van der Waals surface area (Å²) in [4.78, 5) is 0. The van der Waals surface area contributed by atoms with Crippen LogP contribution in [-0.2, 0) is 0 Å². The Bertz CT molecular complexity index is 106. The Hall–Kier alpha value is -0.0800. The number of hydrogen-bond donors (Lipinski definition) is 2. The van der Waals surface area contributed by atoms with Crippen molar-refractivity contribution in [1.82, 2.24) is 5.32 Å². The van der Waals surface area contributed by atoms with Crippen molar-refractivity contribution < 1.29 is 5.11 Å². The monoisotopic (exact) mass is 157 g/mol. The van der Waals surface area contributed by atoms with E-state index < -0.39 is 0 Å². The summed E-state index contributed by atoms with van der Waals surface area (Å²) in [6, 6.07) is 0.378. The molecule has 0 radical (unpaired) electrons. The predicted octanol–water partition coefficient (Wildman–Crippen LogP) is 1.29. The molecule has 0 aliphatic heterocycles. The summed E-state index contributed by atoms with van der Waals surface area (Å²) in [5.74, 6) is 0. The van der Waals surface area contributed by atoms with Crippen LogP contribution in [0.5, 0.6) is 0 Å². The van der Waals surface area contributed by atoms with Crippen LogP contribution in [0.15, 0.2) is 0 Å². The first-order valence-corrected chi connectivity index (χ1v) is 4.76. The molecular weight excluding hydrogens is 138 g/mol. The summed E-state index contributed by atoms with van der Waals surface area (Å²) in [6.07, 6.45) is 5.69. The van der Waals surface area contributed by atoms with Crippen LogP contribution in [0, 0.1) is 0 Å². The lowest BCUT2D eigenvalue weighted by molar-refractivity contribution is 0.0912. The molecule has 1 rings (SSSR count). The summed E-state index contributed by atoms with van der Waals surface area (Å²) >= 11 is 0. The Morgan fingerprint density at radius 2 is 2.09 bits per heavy atom. The van der Waals surface area contributed by atoms with Crippen molar-refractivity contribution in [2.24, 2.45) is 0 Å². The average molecular weight is 157 g/mol. The normalized spacial score (nSPS) is 32.2. The number of aliphatic hydroxyl groups is 1. The third kappa shape index (κ3) is 2.80. The second kappa shape index (κ2) is 4.73. The first-order chi connectivity index (χ1) is 5.34. The van der Waals surface area contributed by atoms with E-state index in [2.05, 4.69) is 12.2 Å². The molecule has 11 heavy (non-hydrogen) atoms. The van der Waals surface area contributed by atoms with E-state index in [1.807, 2.05) is 0 Å². The zero-order valence-corrected chi connectivity index (χ0v) is 7.34. The Kier molecular flexibility index (Phi) is 3.87. The zero-order chi connectivity index (χ0) is 8.10. The molecule has 0 amide bonds. The van der Waals surface area contributed by atoms with Gasteiger partial charge in [-0.1, -0.05) is 19.8 Å². The Morgan fingerprint density at radius 3 is 2.73 bits per heavy atom. The minimum atomic E-state index is -0.0877. The molecule has 1 aliphatic carbocycles. The van der Waals surface area contributed by atoms with Crippen molar-refractivity contribution in [3.8, 4) is 0 Å². The summed E-state index contributed by atoms with van der Waals surface area (Å²) < 4.78 is 0. The van der Waals surface area contributed by atoms with Crippen molar-refractivity contribution in [3.05, 3.63) is 0 Å². The van der Waals surface area contributed by atoms with E-state index in [-0.39, 0.29) is 6.10 Å². The van der Waals surface area contributed by atoms with E-state index in [1.54, 1.807) is 0 Å². The molecule has 0 aromatic heterocycles. The van der Waals surface area contributed by atoms with Crippen molar-refractivity contribution in [2.75, 3.05) is 6.54 Å². The quantitative estimate of drug-likeness (QED) is 0.647. The van der Waals surface area contributed by atoms with Crippen LogP contribution >= 0.6 is 0 Å². The number of aliphatic hydroxyl groups excluding tert-OH is 1. The van der Waals surface area contributed by atoms with Crippen molar-refractivity contribution in [1.29, 1.82) is 0 Å². The van der Waals surface area contributed by atoms with Gasteiger partial charge in [-0.2, -0.15) is 0 Å². The van der Waals surface area contributed by atoms with Crippen LogP contribution in [-0.4, -0.2) is 23.8 Å². The van der Waals surface area contributed by atoms with Gasteiger partial charge in [0.15, 0.2) is 0 Å². The molecule has 2 N–H and O–H groups in total. The van der Waals surface area contributed by atoms with E-state index >= 15 is 0 Å². The molecule has 1 fully saturated rings. The minimum Gasteiger partial charge on any atom is -0.392 e. The fourth-order valence-corrected chi connectivity index (χ4v) is 1.68. The van der Waals surface area contributed by atoms with Crippen LogP contribution in [0.1, 0.15) is 39.0 Å². The molecule has 0 unspecified atom stereocenters. The molecule has 2 atom stereocenters. The third-order valence-electron chi connectivity index (χ3n) is 2.39. The fourth-order valence-electron chi connectivity index (χ4n) is 1.68. The van der Waals surface area contributed by atoms with E-state index in [1.165, 1.54) is 12.8 Å². The summed E-state index contributed by atoms with van der Waals surface area (Å²) in [7, 11) is 0. The van der Waals surface area contributed by atoms with Gasteiger partial charge in [0, 0.05) is 6.04 Å². The number of rotatable bonds is 3. The SMILES string of the molecule is CCCN[C@@H]1CCCC[C@H]1O. The van der Waals surface area contributed by atoms with E-state index in [0.717, 1.165) is 25.8 Å². The summed E-state index contributed by atoms with van der Waals surface area (Å²) in [5, 5.41) is 12.9. The van der Waals surface area contributed by atoms with E-state index in [4.69, 9.17) is 0 Å². The van der Waals surface area contributed by atoms with Gasteiger partial charge < -0.3 is 10.4 Å². The van der Waals surface area contributed by atoms with E-state index in [0.29, 0.717) is 6.04 Å². The maximum atomic E-state index is 9.53. The Labute approximate surface area is 69.0 Å². The molecule has 0 bridgehead atoms. The Balaban J connectivity index is 2.18. The molecule has 66 valence electrons. The molecule has 0 heterocycles. The Morgan fingerprint density at radius 1 is 1.36 bits per heavy atom. The average Bonchev–Trinajstić information content (AvgIpc) is 2.03. The van der Waals surface area contributed by atoms with Gasteiger partial charge >= 0.3 is 0 Å². The zero-order valence-electron chi connectivity index (χ0n) is 7.34. The number of nitrogens with one attached hydrogen (secondary N) is 1. The smallest absolute Gasteiger partial charge is 0.0693 e. The highest BCUT2D eigenvalue weighted by Crippen LogP contribution is 2.17. The van der Waals surface area contributed by atoms with Crippen LogP contribution in [0.3, 0.4) is 0 Å². The topological polar surface area (TPSA) is 32.3 Å². The minimum absolute atomic E-state index is 0.0877. The van der Waals surface area contributed by atoms with Gasteiger partial charge in [0.2, 0.25) is 0 Å². The fraction of sp³-hybridized carbons (Fsp3) is 1.00. The van der Waals surface area contributed by atoms with Crippen LogP contribution in [0.4, 0.5) is 0 Å². The molecule has 2 nitrogen and oxygen atoms in total. The predicted molar refractivity (Wildman–Crippen MR) is 46.6 cm³/mol. The molecule has 2 heteroatoms. The highest BCUT2D eigenvalue weighted by molar-refractivity contribution is 4.79. The second-order valence-electron chi connectivity index (χ2n) is 3.41.